The van der Waals surface area contributed by atoms with Gasteiger partial charge in [0.2, 0.25) is 0 Å². The van der Waals surface area contributed by atoms with Crippen molar-refractivity contribution in [3.8, 4) is 11.8 Å². The van der Waals surface area contributed by atoms with Gasteiger partial charge in [0.15, 0.2) is 6.61 Å². The van der Waals surface area contributed by atoms with Crippen LogP contribution < -0.4 is 10.1 Å². The Morgan fingerprint density at radius 1 is 1.25 bits per heavy atom. The molecule has 1 saturated carbocycles. The summed E-state index contributed by atoms with van der Waals surface area (Å²) >= 11 is 0. The second-order valence-electron chi connectivity index (χ2n) is 5.75. The summed E-state index contributed by atoms with van der Waals surface area (Å²) in [6, 6.07) is 9.96. The lowest BCUT2D eigenvalue weighted by Crippen LogP contribution is -2.31. The van der Waals surface area contributed by atoms with Crippen molar-refractivity contribution in [3.63, 3.8) is 0 Å². The second-order valence-corrected chi connectivity index (χ2v) is 5.75. The molecule has 108 valence electrons. The van der Waals surface area contributed by atoms with Crippen molar-refractivity contribution in [1.82, 2.24) is 5.32 Å². The molecule has 0 aliphatic heterocycles. The van der Waals surface area contributed by atoms with E-state index in [0.717, 1.165) is 18.8 Å². The maximum atomic E-state index is 8.46. The van der Waals surface area contributed by atoms with Gasteiger partial charge >= 0.3 is 0 Å². The van der Waals surface area contributed by atoms with Crippen LogP contribution in [-0.2, 0) is 6.54 Å². The van der Waals surface area contributed by atoms with Crippen molar-refractivity contribution in [3.05, 3.63) is 29.8 Å². The molecule has 0 radical (unpaired) electrons. The molecule has 0 bridgehead atoms. The first-order chi connectivity index (χ1) is 9.78. The molecular formula is C17H24N2O. The topological polar surface area (TPSA) is 45.0 Å². The quantitative estimate of drug-likeness (QED) is 0.824. The molecule has 3 heteroatoms. The SMILES string of the molecule is CCC1(CNCc2ccc(OCC#N)cc2)CCCC1. The minimum atomic E-state index is 0.108. The van der Waals surface area contributed by atoms with E-state index in [1.165, 1.54) is 37.7 Å². The molecule has 20 heavy (non-hydrogen) atoms. The molecule has 0 saturated heterocycles. The van der Waals surface area contributed by atoms with Crippen molar-refractivity contribution >= 4 is 0 Å². The highest BCUT2D eigenvalue weighted by Crippen LogP contribution is 2.40. The second kappa shape index (κ2) is 7.31. The van der Waals surface area contributed by atoms with E-state index < -0.39 is 0 Å². The number of nitrogens with zero attached hydrogens (tertiary/aromatic N) is 1. The Labute approximate surface area is 121 Å². The molecule has 0 heterocycles. The maximum Gasteiger partial charge on any atom is 0.174 e. The van der Waals surface area contributed by atoms with Gasteiger partial charge in [-0.1, -0.05) is 31.9 Å². The molecule has 3 nitrogen and oxygen atoms in total. The largest absolute Gasteiger partial charge is 0.479 e. The first-order valence-electron chi connectivity index (χ1n) is 7.57. The van der Waals surface area contributed by atoms with Crippen molar-refractivity contribution in [1.29, 1.82) is 5.26 Å². The average molecular weight is 272 g/mol. The van der Waals surface area contributed by atoms with Crippen LogP contribution in [0.4, 0.5) is 0 Å². The third kappa shape index (κ3) is 3.98. The summed E-state index contributed by atoms with van der Waals surface area (Å²) in [7, 11) is 0. The van der Waals surface area contributed by atoms with Crippen molar-refractivity contribution < 1.29 is 4.74 Å². The van der Waals surface area contributed by atoms with Gasteiger partial charge in [0.1, 0.15) is 11.8 Å². The molecule has 0 amide bonds. The predicted octanol–water partition coefficient (Wildman–Crippen LogP) is 3.65. The first kappa shape index (κ1) is 14.9. The number of hydrogen-bond acceptors (Lipinski definition) is 3. The molecule has 1 aromatic rings. The van der Waals surface area contributed by atoms with E-state index in [-0.39, 0.29) is 6.61 Å². The van der Waals surface area contributed by atoms with Crippen LogP contribution in [0.5, 0.6) is 5.75 Å². The van der Waals surface area contributed by atoms with Crippen LogP contribution >= 0.6 is 0 Å². The van der Waals surface area contributed by atoms with Crippen molar-refractivity contribution in [2.24, 2.45) is 5.41 Å². The lowest BCUT2D eigenvalue weighted by molar-refractivity contribution is 0.268. The Morgan fingerprint density at radius 3 is 2.55 bits per heavy atom. The molecule has 1 aliphatic carbocycles. The zero-order valence-corrected chi connectivity index (χ0v) is 12.3. The third-order valence-corrected chi connectivity index (χ3v) is 4.47. The number of hydrogen-bond donors (Lipinski definition) is 1. The summed E-state index contributed by atoms with van der Waals surface area (Å²) in [5.74, 6) is 0.760. The summed E-state index contributed by atoms with van der Waals surface area (Å²) < 4.78 is 5.25. The van der Waals surface area contributed by atoms with Gasteiger partial charge in [-0.05, 0) is 42.4 Å². The normalized spacial score (nSPS) is 16.8. The molecule has 1 N–H and O–H groups in total. The first-order valence-corrected chi connectivity index (χ1v) is 7.57. The maximum absolute atomic E-state index is 8.46. The number of nitrogens with one attached hydrogen (secondary N) is 1. The molecule has 0 spiro atoms. The highest BCUT2D eigenvalue weighted by Gasteiger charge is 2.31. The summed E-state index contributed by atoms with van der Waals surface area (Å²) in [6.45, 7) is 4.45. The van der Waals surface area contributed by atoms with Gasteiger partial charge in [0.25, 0.3) is 0 Å². The average Bonchev–Trinajstić information content (AvgIpc) is 2.96. The highest BCUT2D eigenvalue weighted by molar-refractivity contribution is 5.27. The van der Waals surface area contributed by atoms with E-state index in [2.05, 4.69) is 24.4 Å². The van der Waals surface area contributed by atoms with E-state index in [4.69, 9.17) is 10.00 Å². The number of nitriles is 1. The van der Waals surface area contributed by atoms with Crippen LogP contribution in [0, 0.1) is 16.7 Å². The van der Waals surface area contributed by atoms with Crippen molar-refractivity contribution in [2.45, 2.75) is 45.6 Å². The van der Waals surface area contributed by atoms with Crippen LogP contribution in [0.25, 0.3) is 0 Å². The van der Waals surface area contributed by atoms with Gasteiger partial charge < -0.3 is 10.1 Å². The van der Waals surface area contributed by atoms with Crippen LogP contribution in [0.1, 0.15) is 44.6 Å². The predicted molar refractivity (Wildman–Crippen MR) is 80.4 cm³/mol. The molecule has 0 atom stereocenters. The van der Waals surface area contributed by atoms with E-state index in [1.807, 2.05) is 18.2 Å². The zero-order valence-electron chi connectivity index (χ0n) is 12.3. The fourth-order valence-electron chi connectivity index (χ4n) is 3.07. The molecule has 0 unspecified atom stereocenters. The van der Waals surface area contributed by atoms with Crippen LogP contribution in [0.2, 0.25) is 0 Å². The fraction of sp³-hybridized carbons (Fsp3) is 0.588. The van der Waals surface area contributed by atoms with Gasteiger partial charge in [0, 0.05) is 13.1 Å². The Balaban J connectivity index is 1.78. The minimum absolute atomic E-state index is 0.108. The third-order valence-electron chi connectivity index (χ3n) is 4.47. The lowest BCUT2D eigenvalue weighted by Gasteiger charge is -2.27. The van der Waals surface area contributed by atoms with Gasteiger partial charge in [-0.3, -0.25) is 0 Å². The Morgan fingerprint density at radius 2 is 1.95 bits per heavy atom. The van der Waals surface area contributed by atoms with Crippen molar-refractivity contribution in [2.75, 3.05) is 13.2 Å². The van der Waals surface area contributed by atoms with E-state index >= 15 is 0 Å². The van der Waals surface area contributed by atoms with Gasteiger partial charge in [0.05, 0.1) is 0 Å². The molecule has 1 aliphatic rings. The van der Waals surface area contributed by atoms with Crippen LogP contribution in [0.3, 0.4) is 0 Å². The summed E-state index contributed by atoms with van der Waals surface area (Å²) in [6.07, 6.45) is 6.80. The Kier molecular flexibility index (Phi) is 5.43. The summed E-state index contributed by atoms with van der Waals surface area (Å²) in [4.78, 5) is 0. The van der Waals surface area contributed by atoms with Gasteiger partial charge in [-0.25, -0.2) is 0 Å². The molecular weight excluding hydrogens is 248 g/mol. The van der Waals surface area contributed by atoms with E-state index in [1.54, 1.807) is 0 Å². The molecule has 1 fully saturated rings. The van der Waals surface area contributed by atoms with E-state index in [0.29, 0.717) is 5.41 Å². The number of benzene rings is 1. The number of ether oxygens (including phenoxy) is 1. The molecule has 2 rings (SSSR count). The zero-order chi connectivity index (χ0) is 14.3. The molecule has 0 aromatic heterocycles. The highest BCUT2D eigenvalue weighted by atomic mass is 16.5. The smallest absolute Gasteiger partial charge is 0.174 e. The minimum Gasteiger partial charge on any atom is -0.479 e. The monoisotopic (exact) mass is 272 g/mol. The van der Waals surface area contributed by atoms with Crippen LogP contribution in [0.15, 0.2) is 24.3 Å². The number of rotatable bonds is 7. The lowest BCUT2D eigenvalue weighted by atomic mass is 9.83. The Bertz CT molecular complexity index is 441. The standard InChI is InChI=1S/C17H24N2O/c1-2-17(9-3-4-10-17)14-19-13-15-5-7-16(8-6-15)20-12-11-18/h5-8,19H,2-4,9-10,12-14H2,1H3. The fourth-order valence-corrected chi connectivity index (χ4v) is 3.07. The Hall–Kier alpha value is -1.53. The van der Waals surface area contributed by atoms with Crippen LogP contribution in [-0.4, -0.2) is 13.2 Å². The summed E-state index contributed by atoms with van der Waals surface area (Å²) in [5.41, 5.74) is 1.80. The molecule has 1 aromatic carbocycles. The summed E-state index contributed by atoms with van der Waals surface area (Å²) in [5, 5.41) is 12.1. The van der Waals surface area contributed by atoms with Gasteiger partial charge in [-0.15, -0.1) is 0 Å². The van der Waals surface area contributed by atoms with E-state index in [9.17, 15) is 0 Å². The van der Waals surface area contributed by atoms with Gasteiger partial charge in [-0.2, -0.15) is 5.26 Å².